The Bertz CT molecular complexity index is 391. The fourth-order valence-corrected chi connectivity index (χ4v) is 2.15. The third-order valence-electron chi connectivity index (χ3n) is 2.05. The standard InChI is InChI=1S/C10H12ClNO3S/c1-2-6(5-9(13)14)12-10(15)7-3-4-8(11)16-7/h3-4,6H,2,5H2,1H3,(H,12,15)(H,13,14). The van der Waals surface area contributed by atoms with Gasteiger partial charge in [-0.3, -0.25) is 9.59 Å². The highest BCUT2D eigenvalue weighted by Gasteiger charge is 2.16. The largest absolute Gasteiger partial charge is 0.481 e. The minimum Gasteiger partial charge on any atom is -0.481 e. The number of aliphatic carboxylic acids is 1. The number of rotatable bonds is 5. The molecule has 0 aliphatic rings. The summed E-state index contributed by atoms with van der Waals surface area (Å²) in [7, 11) is 0. The first-order valence-electron chi connectivity index (χ1n) is 4.81. The van der Waals surface area contributed by atoms with E-state index in [1.165, 1.54) is 11.3 Å². The van der Waals surface area contributed by atoms with Gasteiger partial charge in [0.05, 0.1) is 15.6 Å². The van der Waals surface area contributed by atoms with E-state index in [9.17, 15) is 9.59 Å². The van der Waals surface area contributed by atoms with Crippen LogP contribution < -0.4 is 5.32 Å². The number of amides is 1. The molecule has 1 rings (SSSR count). The van der Waals surface area contributed by atoms with Gasteiger partial charge in [-0.25, -0.2) is 0 Å². The molecule has 1 aromatic heterocycles. The number of hydrogen-bond donors (Lipinski definition) is 2. The van der Waals surface area contributed by atoms with Gasteiger partial charge < -0.3 is 10.4 Å². The van der Waals surface area contributed by atoms with Crippen molar-refractivity contribution in [1.29, 1.82) is 0 Å². The van der Waals surface area contributed by atoms with Crippen LogP contribution in [0.4, 0.5) is 0 Å². The van der Waals surface area contributed by atoms with Gasteiger partial charge >= 0.3 is 5.97 Å². The molecule has 2 N–H and O–H groups in total. The number of halogens is 1. The molecular weight excluding hydrogens is 250 g/mol. The van der Waals surface area contributed by atoms with Crippen LogP contribution in [0.3, 0.4) is 0 Å². The molecule has 0 aliphatic carbocycles. The van der Waals surface area contributed by atoms with Gasteiger partial charge in [0.25, 0.3) is 5.91 Å². The highest BCUT2D eigenvalue weighted by molar-refractivity contribution is 7.17. The summed E-state index contributed by atoms with van der Waals surface area (Å²) in [4.78, 5) is 22.7. The second-order valence-electron chi connectivity index (χ2n) is 3.28. The number of nitrogens with one attached hydrogen (secondary N) is 1. The van der Waals surface area contributed by atoms with E-state index < -0.39 is 5.97 Å². The van der Waals surface area contributed by atoms with E-state index in [1.807, 2.05) is 6.92 Å². The van der Waals surface area contributed by atoms with E-state index in [2.05, 4.69) is 5.32 Å². The second kappa shape index (κ2) is 5.86. The van der Waals surface area contributed by atoms with Crippen LogP contribution in [0.2, 0.25) is 4.34 Å². The molecule has 0 radical (unpaired) electrons. The van der Waals surface area contributed by atoms with Crippen molar-refractivity contribution in [3.8, 4) is 0 Å². The van der Waals surface area contributed by atoms with Gasteiger partial charge in [-0.2, -0.15) is 0 Å². The Morgan fingerprint density at radius 2 is 2.25 bits per heavy atom. The molecule has 0 fully saturated rings. The predicted molar refractivity (Wildman–Crippen MR) is 63.1 cm³/mol. The molecule has 6 heteroatoms. The number of hydrogen-bond acceptors (Lipinski definition) is 3. The third-order valence-corrected chi connectivity index (χ3v) is 3.28. The van der Waals surface area contributed by atoms with Gasteiger partial charge in [0.15, 0.2) is 0 Å². The Hall–Kier alpha value is -1.07. The Balaban J connectivity index is 2.58. The van der Waals surface area contributed by atoms with E-state index in [0.717, 1.165) is 0 Å². The van der Waals surface area contributed by atoms with Crippen molar-refractivity contribution in [3.63, 3.8) is 0 Å². The maximum absolute atomic E-state index is 11.7. The lowest BCUT2D eigenvalue weighted by atomic mass is 10.1. The molecule has 1 atom stereocenters. The summed E-state index contributed by atoms with van der Waals surface area (Å²) in [5.74, 6) is -1.19. The quantitative estimate of drug-likeness (QED) is 0.855. The summed E-state index contributed by atoms with van der Waals surface area (Å²) in [6.07, 6.45) is 0.512. The smallest absolute Gasteiger partial charge is 0.305 e. The summed E-state index contributed by atoms with van der Waals surface area (Å²) >= 11 is 6.88. The Kier molecular flexibility index (Phi) is 4.76. The summed E-state index contributed by atoms with van der Waals surface area (Å²) in [5.41, 5.74) is 0. The lowest BCUT2D eigenvalue weighted by Gasteiger charge is -2.13. The molecule has 0 aromatic carbocycles. The maximum atomic E-state index is 11.7. The summed E-state index contributed by atoms with van der Waals surface area (Å²) in [6, 6.07) is 2.92. The van der Waals surface area contributed by atoms with Crippen LogP contribution in [-0.2, 0) is 4.79 Å². The van der Waals surface area contributed by atoms with Crippen LogP contribution in [0.1, 0.15) is 29.4 Å². The first kappa shape index (κ1) is 13.0. The summed E-state index contributed by atoms with van der Waals surface area (Å²) in [6.45, 7) is 1.83. The zero-order chi connectivity index (χ0) is 12.1. The topological polar surface area (TPSA) is 66.4 Å². The SMILES string of the molecule is CCC(CC(=O)O)NC(=O)c1ccc(Cl)s1. The zero-order valence-electron chi connectivity index (χ0n) is 8.70. The zero-order valence-corrected chi connectivity index (χ0v) is 10.3. The minimum absolute atomic E-state index is 0.0681. The van der Waals surface area contributed by atoms with Crippen molar-refractivity contribution in [2.24, 2.45) is 0 Å². The third kappa shape index (κ3) is 3.83. The van der Waals surface area contributed by atoms with Crippen LogP contribution in [0.15, 0.2) is 12.1 Å². The second-order valence-corrected chi connectivity index (χ2v) is 5.00. The Morgan fingerprint density at radius 1 is 1.56 bits per heavy atom. The molecule has 0 aliphatic heterocycles. The van der Waals surface area contributed by atoms with Crippen molar-refractivity contribution in [3.05, 3.63) is 21.3 Å². The molecule has 0 spiro atoms. The molecule has 4 nitrogen and oxygen atoms in total. The predicted octanol–water partition coefficient (Wildman–Crippen LogP) is 2.38. The highest BCUT2D eigenvalue weighted by Crippen LogP contribution is 2.21. The molecule has 1 heterocycles. The molecule has 1 aromatic rings. The molecule has 0 bridgehead atoms. The Labute approximate surface area is 102 Å². The lowest BCUT2D eigenvalue weighted by molar-refractivity contribution is -0.137. The van der Waals surface area contributed by atoms with Crippen molar-refractivity contribution < 1.29 is 14.7 Å². The van der Waals surface area contributed by atoms with Gasteiger partial charge in [0.2, 0.25) is 0 Å². The molecule has 16 heavy (non-hydrogen) atoms. The fourth-order valence-electron chi connectivity index (χ4n) is 1.20. The number of carbonyl (C=O) groups is 2. The van der Waals surface area contributed by atoms with Gasteiger partial charge in [-0.05, 0) is 18.6 Å². The number of thiophene rings is 1. The van der Waals surface area contributed by atoms with Crippen LogP contribution in [0, 0.1) is 0 Å². The van der Waals surface area contributed by atoms with Crippen LogP contribution in [0.25, 0.3) is 0 Å². The molecule has 0 saturated carbocycles. The lowest BCUT2D eigenvalue weighted by Crippen LogP contribution is -2.35. The number of carboxylic acids is 1. The average molecular weight is 262 g/mol. The van der Waals surface area contributed by atoms with Gasteiger partial charge in [0, 0.05) is 6.04 Å². The monoisotopic (exact) mass is 261 g/mol. The minimum atomic E-state index is -0.920. The summed E-state index contributed by atoms with van der Waals surface area (Å²) in [5, 5.41) is 11.3. The van der Waals surface area contributed by atoms with E-state index in [0.29, 0.717) is 15.6 Å². The van der Waals surface area contributed by atoms with Gasteiger partial charge in [-0.15, -0.1) is 11.3 Å². The van der Waals surface area contributed by atoms with Crippen LogP contribution >= 0.6 is 22.9 Å². The average Bonchev–Trinajstić information content (AvgIpc) is 2.63. The summed E-state index contributed by atoms with van der Waals surface area (Å²) < 4.78 is 0.538. The van der Waals surface area contributed by atoms with Crippen molar-refractivity contribution in [2.45, 2.75) is 25.8 Å². The molecule has 1 amide bonds. The number of carboxylic acid groups (broad SMARTS) is 1. The van der Waals surface area contributed by atoms with Crippen molar-refractivity contribution in [2.75, 3.05) is 0 Å². The van der Waals surface area contributed by atoms with Crippen LogP contribution in [0.5, 0.6) is 0 Å². The van der Waals surface area contributed by atoms with E-state index in [4.69, 9.17) is 16.7 Å². The van der Waals surface area contributed by atoms with Crippen molar-refractivity contribution >= 4 is 34.8 Å². The fraction of sp³-hybridized carbons (Fsp3) is 0.400. The van der Waals surface area contributed by atoms with E-state index in [1.54, 1.807) is 12.1 Å². The van der Waals surface area contributed by atoms with Gasteiger partial charge in [-0.1, -0.05) is 18.5 Å². The first-order valence-corrected chi connectivity index (χ1v) is 6.00. The highest BCUT2D eigenvalue weighted by atomic mass is 35.5. The number of carbonyl (C=O) groups excluding carboxylic acids is 1. The molecule has 0 saturated heterocycles. The Morgan fingerprint density at radius 3 is 2.69 bits per heavy atom. The normalized spacial score (nSPS) is 12.1. The van der Waals surface area contributed by atoms with Crippen LogP contribution in [-0.4, -0.2) is 23.0 Å². The van der Waals surface area contributed by atoms with E-state index >= 15 is 0 Å². The molecule has 1 unspecified atom stereocenters. The van der Waals surface area contributed by atoms with Gasteiger partial charge in [0.1, 0.15) is 0 Å². The van der Waals surface area contributed by atoms with Crippen molar-refractivity contribution in [1.82, 2.24) is 5.32 Å². The first-order chi connectivity index (χ1) is 7.52. The molecule has 88 valence electrons. The maximum Gasteiger partial charge on any atom is 0.305 e. The molecular formula is C10H12ClNO3S. The van der Waals surface area contributed by atoms with E-state index in [-0.39, 0.29) is 18.4 Å².